The number of amides is 2. The highest BCUT2D eigenvalue weighted by Crippen LogP contribution is 2.44. The molecule has 124 valence electrons. The molecule has 0 bridgehead atoms. The fraction of sp³-hybridized carbons (Fsp3) is 0.222. The lowest BCUT2D eigenvalue weighted by molar-refractivity contribution is -0.130. The van der Waals surface area contributed by atoms with Gasteiger partial charge in [0.15, 0.2) is 0 Å². The topological polar surface area (TPSA) is 58.2 Å². The van der Waals surface area contributed by atoms with Crippen LogP contribution in [0.2, 0.25) is 10.0 Å². The van der Waals surface area contributed by atoms with Gasteiger partial charge in [0.2, 0.25) is 5.91 Å². The quantitative estimate of drug-likeness (QED) is 0.814. The van der Waals surface area contributed by atoms with Crippen LogP contribution in [-0.4, -0.2) is 11.8 Å². The van der Waals surface area contributed by atoms with Crippen molar-refractivity contribution in [2.45, 2.75) is 24.7 Å². The largest absolute Gasteiger partial charge is 0.272 e. The molecule has 0 saturated heterocycles. The van der Waals surface area contributed by atoms with E-state index in [0.29, 0.717) is 15.6 Å². The molecule has 24 heavy (non-hydrogen) atoms. The summed E-state index contributed by atoms with van der Waals surface area (Å²) >= 11 is 11.9. The summed E-state index contributed by atoms with van der Waals surface area (Å²) in [7, 11) is 0. The van der Waals surface area contributed by atoms with E-state index in [1.807, 2.05) is 12.1 Å². The average Bonchev–Trinajstić information content (AvgIpc) is 2.54. The van der Waals surface area contributed by atoms with Crippen molar-refractivity contribution in [3.63, 3.8) is 0 Å². The summed E-state index contributed by atoms with van der Waals surface area (Å²) in [5.74, 6) is -0.670. The third-order valence-corrected chi connectivity index (χ3v) is 5.03. The minimum absolute atomic E-state index is 0.225. The lowest BCUT2D eigenvalue weighted by Gasteiger charge is -2.40. The lowest BCUT2D eigenvalue weighted by Crippen LogP contribution is -2.54. The van der Waals surface area contributed by atoms with Crippen LogP contribution in [-0.2, 0) is 10.2 Å². The van der Waals surface area contributed by atoms with E-state index >= 15 is 0 Å². The third kappa shape index (κ3) is 3.12. The molecular formula is C18H16Cl2N2O2. The molecule has 1 aliphatic carbocycles. The van der Waals surface area contributed by atoms with Crippen molar-refractivity contribution in [2.24, 2.45) is 0 Å². The SMILES string of the molecule is O=C(NNC(=O)C1(c2ccc(Cl)cc2)CCC1)c1ccccc1Cl. The summed E-state index contributed by atoms with van der Waals surface area (Å²) in [6, 6.07) is 13.9. The highest BCUT2D eigenvalue weighted by Gasteiger charge is 2.45. The summed E-state index contributed by atoms with van der Waals surface area (Å²) in [6.45, 7) is 0. The van der Waals surface area contributed by atoms with Crippen molar-refractivity contribution in [3.8, 4) is 0 Å². The maximum Gasteiger partial charge on any atom is 0.271 e. The number of hydrogen-bond donors (Lipinski definition) is 2. The molecule has 0 aromatic heterocycles. The Morgan fingerprint density at radius 3 is 2.17 bits per heavy atom. The Labute approximate surface area is 150 Å². The van der Waals surface area contributed by atoms with Gasteiger partial charge in [0, 0.05) is 5.02 Å². The van der Waals surface area contributed by atoms with Gasteiger partial charge in [-0.3, -0.25) is 20.4 Å². The van der Waals surface area contributed by atoms with Crippen molar-refractivity contribution in [1.29, 1.82) is 0 Å². The monoisotopic (exact) mass is 362 g/mol. The number of rotatable bonds is 3. The summed E-state index contributed by atoms with van der Waals surface area (Å²) in [5.41, 5.74) is 5.59. The molecule has 2 amide bonds. The number of benzene rings is 2. The molecule has 1 aliphatic rings. The molecule has 1 saturated carbocycles. The molecule has 2 N–H and O–H groups in total. The standard InChI is InChI=1S/C18H16Cl2N2O2/c19-13-8-6-12(7-9-13)18(10-3-11-18)17(24)22-21-16(23)14-4-1-2-5-15(14)20/h1-2,4-9H,3,10-11H2,(H,21,23)(H,22,24). The first kappa shape index (κ1) is 16.8. The Balaban J connectivity index is 1.71. The predicted octanol–water partition coefficient (Wildman–Crippen LogP) is 3.88. The Bertz CT molecular complexity index is 771. The molecule has 2 aromatic carbocycles. The van der Waals surface area contributed by atoms with Gasteiger partial charge in [-0.15, -0.1) is 0 Å². The maximum absolute atomic E-state index is 12.7. The highest BCUT2D eigenvalue weighted by molar-refractivity contribution is 6.33. The third-order valence-electron chi connectivity index (χ3n) is 4.45. The first-order valence-corrected chi connectivity index (χ1v) is 8.40. The fourth-order valence-corrected chi connectivity index (χ4v) is 3.24. The van der Waals surface area contributed by atoms with Gasteiger partial charge in [-0.2, -0.15) is 0 Å². The van der Waals surface area contributed by atoms with Gasteiger partial charge in [-0.05, 0) is 42.7 Å². The summed E-state index contributed by atoms with van der Waals surface area (Å²) < 4.78 is 0. The second-order valence-corrected chi connectivity index (χ2v) is 6.67. The van der Waals surface area contributed by atoms with Crippen molar-refractivity contribution in [1.82, 2.24) is 10.9 Å². The van der Waals surface area contributed by atoms with Crippen LogP contribution in [0.3, 0.4) is 0 Å². The van der Waals surface area contributed by atoms with E-state index in [2.05, 4.69) is 10.9 Å². The van der Waals surface area contributed by atoms with Crippen LogP contribution in [0.15, 0.2) is 48.5 Å². The Morgan fingerprint density at radius 1 is 0.917 bits per heavy atom. The molecular weight excluding hydrogens is 347 g/mol. The smallest absolute Gasteiger partial charge is 0.271 e. The number of hydrazine groups is 1. The average molecular weight is 363 g/mol. The fourth-order valence-electron chi connectivity index (χ4n) is 2.89. The van der Waals surface area contributed by atoms with E-state index in [1.165, 1.54) is 0 Å². The van der Waals surface area contributed by atoms with Gasteiger partial charge in [-0.25, -0.2) is 0 Å². The first-order chi connectivity index (χ1) is 11.5. The van der Waals surface area contributed by atoms with Gasteiger partial charge in [0.1, 0.15) is 0 Å². The van der Waals surface area contributed by atoms with Crippen LogP contribution in [0.5, 0.6) is 0 Å². The predicted molar refractivity (Wildman–Crippen MR) is 94.0 cm³/mol. The van der Waals surface area contributed by atoms with Crippen molar-refractivity contribution in [3.05, 3.63) is 69.7 Å². The minimum Gasteiger partial charge on any atom is -0.272 e. The first-order valence-electron chi connectivity index (χ1n) is 7.64. The Morgan fingerprint density at radius 2 is 1.58 bits per heavy atom. The van der Waals surface area contributed by atoms with E-state index in [9.17, 15) is 9.59 Å². The molecule has 0 unspecified atom stereocenters. The molecule has 1 fully saturated rings. The highest BCUT2D eigenvalue weighted by atomic mass is 35.5. The summed E-state index contributed by atoms with van der Waals surface area (Å²) in [5, 5.41) is 0.959. The zero-order chi connectivity index (χ0) is 17.2. The zero-order valence-corrected chi connectivity index (χ0v) is 14.3. The van der Waals surface area contributed by atoms with Gasteiger partial charge < -0.3 is 0 Å². The molecule has 0 spiro atoms. The van der Waals surface area contributed by atoms with E-state index in [4.69, 9.17) is 23.2 Å². The van der Waals surface area contributed by atoms with Crippen molar-refractivity contribution < 1.29 is 9.59 Å². The van der Waals surface area contributed by atoms with Crippen molar-refractivity contribution in [2.75, 3.05) is 0 Å². The molecule has 0 radical (unpaired) electrons. The van der Waals surface area contributed by atoms with E-state index in [-0.39, 0.29) is 5.91 Å². The number of nitrogens with one attached hydrogen (secondary N) is 2. The molecule has 2 aromatic rings. The molecule has 0 atom stereocenters. The van der Waals surface area contributed by atoms with Crippen molar-refractivity contribution >= 4 is 35.0 Å². The van der Waals surface area contributed by atoms with Crippen LogP contribution in [0, 0.1) is 0 Å². The molecule has 6 heteroatoms. The van der Waals surface area contributed by atoms with Gasteiger partial charge in [-0.1, -0.05) is 53.9 Å². The summed E-state index contributed by atoms with van der Waals surface area (Å²) in [4.78, 5) is 24.8. The summed E-state index contributed by atoms with van der Waals surface area (Å²) in [6.07, 6.45) is 2.44. The maximum atomic E-state index is 12.7. The van der Waals surface area contributed by atoms with Crippen LogP contribution in [0.1, 0.15) is 35.2 Å². The van der Waals surface area contributed by atoms with E-state index in [0.717, 1.165) is 24.8 Å². The normalized spacial score (nSPS) is 15.2. The number of carbonyl (C=O) groups excluding carboxylic acids is 2. The second-order valence-electron chi connectivity index (χ2n) is 5.83. The van der Waals surface area contributed by atoms with Gasteiger partial charge in [0.25, 0.3) is 5.91 Å². The van der Waals surface area contributed by atoms with Crippen LogP contribution < -0.4 is 10.9 Å². The van der Waals surface area contributed by atoms with Crippen LogP contribution in [0.4, 0.5) is 0 Å². The van der Waals surface area contributed by atoms with Crippen LogP contribution in [0.25, 0.3) is 0 Å². The molecule has 0 aliphatic heterocycles. The molecule has 0 heterocycles. The van der Waals surface area contributed by atoms with Gasteiger partial charge in [0.05, 0.1) is 16.0 Å². The minimum atomic E-state index is -0.613. The molecule has 3 rings (SSSR count). The van der Waals surface area contributed by atoms with E-state index in [1.54, 1.807) is 36.4 Å². The Kier molecular flexibility index (Phi) is 4.78. The zero-order valence-electron chi connectivity index (χ0n) is 12.8. The van der Waals surface area contributed by atoms with Gasteiger partial charge >= 0.3 is 0 Å². The molecule has 4 nitrogen and oxygen atoms in total. The van der Waals surface area contributed by atoms with E-state index < -0.39 is 11.3 Å². The number of carbonyl (C=O) groups is 2. The number of hydrogen-bond acceptors (Lipinski definition) is 2. The number of halogens is 2. The lowest BCUT2D eigenvalue weighted by atomic mass is 9.64. The van der Waals surface area contributed by atoms with Crippen LogP contribution >= 0.6 is 23.2 Å². The second kappa shape index (κ2) is 6.83. The Hall–Kier alpha value is -2.04.